The Morgan fingerprint density at radius 1 is 1.00 bits per heavy atom. The maximum absolute atomic E-state index is 12.5. The number of fused-ring (bicyclic) bond motifs is 3. The van der Waals surface area contributed by atoms with Gasteiger partial charge in [0.1, 0.15) is 13.2 Å². The summed E-state index contributed by atoms with van der Waals surface area (Å²) >= 11 is 0. The minimum Gasteiger partial charge on any atom is -0.480 e. The van der Waals surface area contributed by atoms with Gasteiger partial charge in [-0.25, -0.2) is 4.79 Å². The number of amides is 1. The summed E-state index contributed by atoms with van der Waals surface area (Å²) in [5, 5.41) is 9.06. The second-order valence-electron chi connectivity index (χ2n) is 6.62. The van der Waals surface area contributed by atoms with Crippen LogP contribution in [0.4, 0.5) is 4.79 Å². The van der Waals surface area contributed by atoms with Crippen LogP contribution in [0.5, 0.6) is 0 Å². The van der Waals surface area contributed by atoms with Crippen LogP contribution in [0.3, 0.4) is 0 Å². The topological polar surface area (TPSA) is 92.9 Å². The minimum absolute atomic E-state index is 0. The van der Waals surface area contributed by atoms with Crippen LogP contribution in [0.25, 0.3) is 11.1 Å². The standard InChI is InChI=1S/C21H24N2O4.ClH/c22-11-5-6-12-23(13-20(24)25)21(26)27-14-19-17-9-3-1-7-15(17)16-8-2-4-10-18(16)19;/h1-4,7-10,19H,5-6,11-14,22H2,(H,24,25);1H. The largest absolute Gasteiger partial charge is 0.480 e. The molecule has 0 fully saturated rings. The quantitative estimate of drug-likeness (QED) is 0.657. The summed E-state index contributed by atoms with van der Waals surface area (Å²) in [7, 11) is 0. The Bertz CT molecular complexity index is 782. The van der Waals surface area contributed by atoms with Crippen LogP contribution in [0.15, 0.2) is 48.5 Å². The zero-order chi connectivity index (χ0) is 19.2. The zero-order valence-electron chi connectivity index (χ0n) is 15.5. The first-order valence-electron chi connectivity index (χ1n) is 9.13. The lowest BCUT2D eigenvalue weighted by Gasteiger charge is -2.22. The van der Waals surface area contributed by atoms with E-state index in [9.17, 15) is 9.59 Å². The third-order valence-corrected chi connectivity index (χ3v) is 4.80. The normalized spacial score (nSPS) is 11.9. The first-order chi connectivity index (χ1) is 13.1. The Morgan fingerprint density at radius 2 is 1.57 bits per heavy atom. The molecule has 1 aliphatic carbocycles. The molecule has 0 radical (unpaired) electrons. The van der Waals surface area contributed by atoms with E-state index in [1.54, 1.807) is 0 Å². The average Bonchev–Trinajstić information content (AvgIpc) is 2.99. The summed E-state index contributed by atoms with van der Waals surface area (Å²) in [6.07, 6.45) is 0.775. The number of ether oxygens (including phenoxy) is 1. The number of carboxylic acid groups (broad SMARTS) is 1. The third kappa shape index (κ3) is 4.82. The van der Waals surface area contributed by atoms with Crippen molar-refractivity contribution in [3.05, 3.63) is 59.7 Å². The van der Waals surface area contributed by atoms with E-state index in [-0.39, 0.29) is 31.5 Å². The van der Waals surface area contributed by atoms with E-state index in [0.29, 0.717) is 19.5 Å². The molecule has 0 atom stereocenters. The summed E-state index contributed by atoms with van der Waals surface area (Å²) in [5.74, 6) is -1.10. The minimum atomic E-state index is -1.06. The Labute approximate surface area is 170 Å². The highest BCUT2D eigenvalue weighted by Crippen LogP contribution is 2.44. The molecule has 7 heteroatoms. The summed E-state index contributed by atoms with van der Waals surface area (Å²) in [6.45, 7) is 0.632. The molecule has 0 aromatic heterocycles. The number of benzene rings is 2. The summed E-state index contributed by atoms with van der Waals surface area (Å²) in [4.78, 5) is 24.8. The maximum Gasteiger partial charge on any atom is 0.410 e. The molecule has 2 aromatic rings. The molecule has 3 rings (SSSR count). The van der Waals surface area contributed by atoms with Gasteiger partial charge in [0.2, 0.25) is 0 Å². The molecule has 3 N–H and O–H groups in total. The number of carbonyl (C=O) groups is 2. The van der Waals surface area contributed by atoms with Crippen molar-refractivity contribution >= 4 is 24.5 Å². The number of halogens is 1. The van der Waals surface area contributed by atoms with Gasteiger partial charge in [-0.15, -0.1) is 12.4 Å². The van der Waals surface area contributed by atoms with Crippen molar-refractivity contribution in [2.45, 2.75) is 18.8 Å². The van der Waals surface area contributed by atoms with Crippen LogP contribution in [0, 0.1) is 0 Å². The molecule has 0 saturated heterocycles. The molecule has 0 bridgehead atoms. The van der Waals surface area contributed by atoms with Gasteiger partial charge in [-0.2, -0.15) is 0 Å². The van der Waals surface area contributed by atoms with Crippen molar-refractivity contribution in [3.8, 4) is 11.1 Å². The molecule has 0 saturated carbocycles. The highest BCUT2D eigenvalue weighted by Gasteiger charge is 2.29. The van der Waals surface area contributed by atoms with E-state index in [1.807, 2.05) is 36.4 Å². The van der Waals surface area contributed by atoms with Gasteiger partial charge in [0, 0.05) is 12.5 Å². The van der Waals surface area contributed by atoms with Crippen LogP contribution < -0.4 is 5.73 Å². The Morgan fingerprint density at radius 3 is 2.11 bits per heavy atom. The van der Waals surface area contributed by atoms with E-state index in [2.05, 4.69) is 12.1 Å². The molecular formula is C21H25ClN2O4. The van der Waals surface area contributed by atoms with Crippen molar-refractivity contribution in [1.29, 1.82) is 0 Å². The Hall–Kier alpha value is -2.57. The van der Waals surface area contributed by atoms with Gasteiger partial charge in [-0.3, -0.25) is 9.69 Å². The molecule has 1 amide bonds. The number of nitrogens with two attached hydrogens (primary N) is 1. The second-order valence-corrected chi connectivity index (χ2v) is 6.62. The lowest BCUT2D eigenvalue weighted by atomic mass is 9.98. The number of hydrogen-bond acceptors (Lipinski definition) is 4. The van der Waals surface area contributed by atoms with Gasteiger partial charge in [0.05, 0.1) is 0 Å². The summed E-state index contributed by atoms with van der Waals surface area (Å²) in [6, 6.07) is 16.2. The molecule has 150 valence electrons. The number of carbonyl (C=O) groups excluding carboxylic acids is 1. The number of aliphatic carboxylic acids is 1. The van der Waals surface area contributed by atoms with Crippen molar-refractivity contribution in [1.82, 2.24) is 4.90 Å². The van der Waals surface area contributed by atoms with Crippen LogP contribution in [0.1, 0.15) is 29.9 Å². The summed E-state index contributed by atoms with van der Waals surface area (Å²) in [5.41, 5.74) is 10.0. The maximum atomic E-state index is 12.5. The Balaban J connectivity index is 0.00000280. The predicted molar refractivity (Wildman–Crippen MR) is 110 cm³/mol. The average molecular weight is 405 g/mol. The second kappa shape index (κ2) is 10.1. The highest BCUT2D eigenvalue weighted by molar-refractivity contribution is 5.85. The lowest BCUT2D eigenvalue weighted by molar-refractivity contribution is -0.138. The van der Waals surface area contributed by atoms with Crippen molar-refractivity contribution in [2.24, 2.45) is 5.73 Å². The van der Waals surface area contributed by atoms with Crippen LogP contribution in [-0.2, 0) is 9.53 Å². The monoisotopic (exact) mass is 404 g/mol. The number of nitrogens with zero attached hydrogens (tertiary/aromatic N) is 1. The molecule has 0 heterocycles. The predicted octanol–water partition coefficient (Wildman–Crippen LogP) is 3.48. The smallest absolute Gasteiger partial charge is 0.410 e. The molecule has 6 nitrogen and oxygen atoms in total. The number of carboxylic acids is 1. The third-order valence-electron chi connectivity index (χ3n) is 4.80. The van der Waals surface area contributed by atoms with E-state index < -0.39 is 12.1 Å². The van der Waals surface area contributed by atoms with E-state index in [0.717, 1.165) is 28.7 Å². The zero-order valence-corrected chi connectivity index (χ0v) is 16.4. The van der Waals surface area contributed by atoms with E-state index >= 15 is 0 Å². The first-order valence-corrected chi connectivity index (χ1v) is 9.13. The van der Waals surface area contributed by atoms with Gasteiger partial charge < -0.3 is 15.6 Å². The number of unbranched alkanes of at least 4 members (excludes halogenated alkanes) is 1. The van der Waals surface area contributed by atoms with Crippen molar-refractivity contribution in [3.63, 3.8) is 0 Å². The fourth-order valence-electron chi connectivity index (χ4n) is 3.53. The molecule has 2 aromatic carbocycles. The van der Waals surface area contributed by atoms with Gasteiger partial charge in [-0.05, 0) is 41.6 Å². The van der Waals surface area contributed by atoms with Crippen molar-refractivity contribution < 1.29 is 19.4 Å². The SMILES string of the molecule is Cl.NCCCCN(CC(=O)O)C(=O)OCC1c2ccccc2-c2ccccc21. The molecule has 1 aliphatic rings. The van der Waals surface area contributed by atoms with E-state index in [1.165, 1.54) is 4.90 Å². The fraction of sp³-hybridized carbons (Fsp3) is 0.333. The van der Waals surface area contributed by atoms with Gasteiger partial charge >= 0.3 is 12.1 Å². The first kappa shape index (κ1) is 21.7. The molecule has 28 heavy (non-hydrogen) atoms. The summed E-state index contributed by atoms with van der Waals surface area (Å²) < 4.78 is 5.53. The van der Waals surface area contributed by atoms with E-state index in [4.69, 9.17) is 15.6 Å². The van der Waals surface area contributed by atoms with Gasteiger partial charge in [0.15, 0.2) is 0 Å². The van der Waals surface area contributed by atoms with Gasteiger partial charge in [-0.1, -0.05) is 48.5 Å². The van der Waals surface area contributed by atoms with Crippen molar-refractivity contribution in [2.75, 3.05) is 26.2 Å². The molecule has 0 spiro atoms. The highest BCUT2D eigenvalue weighted by atomic mass is 35.5. The fourth-order valence-corrected chi connectivity index (χ4v) is 3.53. The molecule has 0 unspecified atom stereocenters. The van der Waals surface area contributed by atoms with Crippen LogP contribution in [0.2, 0.25) is 0 Å². The lowest BCUT2D eigenvalue weighted by Crippen LogP contribution is -2.37. The van der Waals surface area contributed by atoms with Crippen LogP contribution >= 0.6 is 12.4 Å². The molecule has 0 aliphatic heterocycles. The number of rotatable bonds is 8. The Kier molecular flexibility index (Phi) is 7.84. The number of hydrogen-bond donors (Lipinski definition) is 2. The van der Waals surface area contributed by atoms with Crippen LogP contribution in [-0.4, -0.2) is 48.3 Å². The molecular weight excluding hydrogens is 380 g/mol. The van der Waals surface area contributed by atoms with Gasteiger partial charge in [0.25, 0.3) is 0 Å².